The smallest absolute Gasteiger partial charge is 0.338 e. The zero-order chi connectivity index (χ0) is 20.0. The molecule has 0 aliphatic heterocycles. The molecule has 0 saturated carbocycles. The summed E-state index contributed by atoms with van der Waals surface area (Å²) >= 11 is 0. The molecular formula is C19H19NO7. The maximum atomic E-state index is 12.1. The molecular weight excluding hydrogens is 354 g/mol. The van der Waals surface area contributed by atoms with Crippen LogP contribution in [0, 0.1) is 24.0 Å². The van der Waals surface area contributed by atoms with E-state index in [4.69, 9.17) is 9.47 Å². The normalized spacial score (nSPS) is 10.2. The van der Waals surface area contributed by atoms with E-state index in [0.29, 0.717) is 5.75 Å². The number of methoxy groups -OCH3 is 1. The molecule has 0 atom stereocenters. The summed E-state index contributed by atoms with van der Waals surface area (Å²) in [6.07, 6.45) is 0. The molecule has 0 saturated heterocycles. The SMILES string of the molecule is COC(=O)c1cc(C(=O)OCCOc2cc(C)cc(C)c2)cc([N+](=O)[O-])c1. The predicted molar refractivity (Wildman–Crippen MR) is 96.1 cm³/mol. The molecule has 142 valence electrons. The lowest BCUT2D eigenvalue weighted by Gasteiger charge is -2.09. The third-order valence-electron chi connectivity index (χ3n) is 3.57. The molecule has 0 unspecified atom stereocenters. The van der Waals surface area contributed by atoms with Gasteiger partial charge in [0.05, 0.1) is 23.2 Å². The highest BCUT2D eigenvalue weighted by Crippen LogP contribution is 2.19. The van der Waals surface area contributed by atoms with Crippen molar-refractivity contribution in [1.82, 2.24) is 0 Å². The highest BCUT2D eigenvalue weighted by Gasteiger charge is 2.19. The largest absolute Gasteiger partial charge is 0.490 e. The Morgan fingerprint density at radius 3 is 2.07 bits per heavy atom. The van der Waals surface area contributed by atoms with Crippen LogP contribution in [0.4, 0.5) is 5.69 Å². The third kappa shape index (κ3) is 5.53. The minimum atomic E-state index is -0.798. The van der Waals surface area contributed by atoms with E-state index in [0.717, 1.165) is 30.4 Å². The van der Waals surface area contributed by atoms with E-state index in [9.17, 15) is 19.7 Å². The lowest BCUT2D eigenvalue weighted by atomic mass is 10.1. The van der Waals surface area contributed by atoms with E-state index < -0.39 is 22.5 Å². The first kappa shape index (κ1) is 19.9. The minimum absolute atomic E-state index is 0.0535. The molecule has 0 bridgehead atoms. The maximum Gasteiger partial charge on any atom is 0.338 e. The fourth-order valence-electron chi connectivity index (χ4n) is 2.46. The molecule has 2 rings (SSSR count). The Bertz CT molecular complexity index is 856. The van der Waals surface area contributed by atoms with E-state index in [1.54, 1.807) is 0 Å². The molecule has 2 aromatic carbocycles. The Balaban J connectivity index is 2.01. The van der Waals surface area contributed by atoms with Gasteiger partial charge in [0.15, 0.2) is 0 Å². The maximum absolute atomic E-state index is 12.1. The average molecular weight is 373 g/mol. The molecule has 0 aliphatic rings. The van der Waals surface area contributed by atoms with Gasteiger partial charge in [0.25, 0.3) is 5.69 Å². The average Bonchev–Trinajstić information content (AvgIpc) is 2.63. The van der Waals surface area contributed by atoms with Crippen LogP contribution in [0.3, 0.4) is 0 Å². The third-order valence-corrected chi connectivity index (χ3v) is 3.57. The van der Waals surface area contributed by atoms with Crippen LogP contribution in [0.5, 0.6) is 5.75 Å². The first-order chi connectivity index (χ1) is 12.8. The summed E-state index contributed by atoms with van der Waals surface area (Å²) < 4.78 is 15.1. The number of non-ortho nitro benzene ring substituents is 1. The first-order valence-electron chi connectivity index (χ1n) is 8.06. The highest BCUT2D eigenvalue weighted by atomic mass is 16.6. The lowest BCUT2D eigenvalue weighted by Crippen LogP contribution is -2.14. The minimum Gasteiger partial charge on any atom is -0.490 e. The van der Waals surface area contributed by atoms with Gasteiger partial charge in [0.2, 0.25) is 0 Å². The predicted octanol–water partition coefficient (Wildman–Crippen LogP) is 3.23. The first-order valence-corrected chi connectivity index (χ1v) is 8.06. The van der Waals surface area contributed by atoms with Crippen molar-refractivity contribution in [1.29, 1.82) is 0 Å². The fraction of sp³-hybridized carbons (Fsp3) is 0.263. The highest BCUT2D eigenvalue weighted by molar-refractivity contribution is 5.96. The second-order valence-corrected chi connectivity index (χ2v) is 5.83. The van der Waals surface area contributed by atoms with Gasteiger partial charge in [-0.15, -0.1) is 0 Å². The van der Waals surface area contributed by atoms with Crippen LogP contribution in [0.1, 0.15) is 31.8 Å². The molecule has 0 amide bonds. The summed E-state index contributed by atoms with van der Waals surface area (Å²) in [6.45, 7) is 3.96. The number of aryl methyl sites for hydroxylation is 2. The Morgan fingerprint density at radius 2 is 1.52 bits per heavy atom. The van der Waals surface area contributed by atoms with E-state index in [-0.39, 0.29) is 24.3 Å². The summed E-state index contributed by atoms with van der Waals surface area (Å²) in [4.78, 5) is 34.1. The number of ether oxygens (including phenoxy) is 3. The number of benzene rings is 2. The van der Waals surface area contributed by atoms with Crippen molar-refractivity contribution in [2.24, 2.45) is 0 Å². The summed E-state index contributed by atoms with van der Waals surface area (Å²) in [6, 6.07) is 8.99. The van der Waals surface area contributed by atoms with Crippen LogP contribution in [-0.4, -0.2) is 37.2 Å². The Hall–Kier alpha value is -3.42. The van der Waals surface area contributed by atoms with Gasteiger partial charge in [-0.2, -0.15) is 0 Å². The molecule has 0 spiro atoms. The van der Waals surface area contributed by atoms with Gasteiger partial charge < -0.3 is 14.2 Å². The standard InChI is InChI=1S/C19H19NO7/c1-12-6-13(2)8-17(7-12)26-4-5-27-19(22)15-9-14(18(21)25-3)10-16(11-15)20(23)24/h6-11H,4-5H2,1-3H3. The van der Waals surface area contributed by atoms with Gasteiger partial charge in [0.1, 0.15) is 19.0 Å². The molecule has 0 N–H and O–H groups in total. The summed E-state index contributed by atoms with van der Waals surface area (Å²) in [7, 11) is 1.14. The molecule has 0 fully saturated rings. The lowest BCUT2D eigenvalue weighted by molar-refractivity contribution is -0.384. The molecule has 0 aliphatic carbocycles. The van der Waals surface area contributed by atoms with E-state index in [2.05, 4.69) is 4.74 Å². The van der Waals surface area contributed by atoms with Crippen molar-refractivity contribution in [3.8, 4) is 5.75 Å². The summed E-state index contributed by atoms with van der Waals surface area (Å²) in [5, 5.41) is 11.0. The van der Waals surface area contributed by atoms with Crippen molar-refractivity contribution < 1.29 is 28.7 Å². The van der Waals surface area contributed by atoms with Crippen molar-refractivity contribution in [3.63, 3.8) is 0 Å². The second-order valence-electron chi connectivity index (χ2n) is 5.83. The summed E-state index contributed by atoms with van der Waals surface area (Å²) in [5.74, 6) is -0.925. The van der Waals surface area contributed by atoms with Crippen LogP contribution >= 0.6 is 0 Å². The van der Waals surface area contributed by atoms with Crippen molar-refractivity contribution in [2.75, 3.05) is 20.3 Å². The second kappa shape index (κ2) is 8.79. The number of nitro benzene ring substituents is 1. The quantitative estimate of drug-likeness (QED) is 0.317. The van der Waals surface area contributed by atoms with Gasteiger partial charge in [0, 0.05) is 12.1 Å². The van der Waals surface area contributed by atoms with Crippen LogP contribution in [0.2, 0.25) is 0 Å². The molecule has 8 heteroatoms. The Morgan fingerprint density at radius 1 is 0.926 bits per heavy atom. The fourth-order valence-corrected chi connectivity index (χ4v) is 2.46. The van der Waals surface area contributed by atoms with E-state index in [1.807, 2.05) is 32.0 Å². The molecule has 2 aromatic rings. The zero-order valence-corrected chi connectivity index (χ0v) is 15.2. The van der Waals surface area contributed by atoms with Crippen LogP contribution < -0.4 is 4.74 Å². The Labute approximate surface area is 155 Å². The number of nitrogens with zero attached hydrogens (tertiary/aromatic N) is 1. The van der Waals surface area contributed by atoms with Crippen LogP contribution in [0.25, 0.3) is 0 Å². The van der Waals surface area contributed by atoms with Crippen LogP contribution in [0.15, 0.2) is 36.4 Å². The summed E-state index contributed by atoms with van der Waals surface area (Å²) in [5.41, 5.74) is 1.47. The van der Waals surface area contributed by atoms with Crippen molar-refractivity contribution >= 4 is 17.6 Å². The number of carbonyl (C=O) groups is 2. The molecule has 0 aromatic heterocycles. The van der Waals surface area contributed by atoms with Crippen molar-refractivity contribution in [3.05, 3.63) is 68.8 Å². The number of esters is 2. The Kier molecular flexibility index (Phi) is 6.48. The van der Waals surface area contributed by atoms with Gasteiger partial charge in [-0.1, -0.05) is 6.07 Å². The number of carbonyl (C=O) groups excluding carboxylic acids is 2. The number of rotatable bonds is 7. The van der Waals surface area contributed by atoms with Gasteiger partial charge in [-0.05, 0) is 43.2 Å². The van der Waals surface area contributed by atoms with Gasteiger partial charge >= 0.3 is 11.9 Å². The molecule has 0 heterocycles. The van der Waals surface area contributed by atoms with E-state index in [1.165, 1.54) is 6.07 Å². The zero-order valence-electron chi connectivity index (χ0n) is 15.2. The van der Waals surface area contributed by atoms with Gasteiger partial charge in [-0.3, -0.25) is 10.1 Å². The number of hydrogen-bond acceptors (Lipinski definition) is 7. The monoisotopic (exact) mass is 373 g/mol. The van der Waals surface area contributed by atoms with E-state index >= 15 is 0 Å². The number of nitro groups is 1. The molecule has 8 nitrogen and oxygen atoms in total. The molecule has 27 heavy (non-hydrogen) atoms. The van der Waals surface area contributed by atoms with Crippen molar-refractivity contribution in [2.45, 2.75) is 13.8 Å². The number of hydrogen-bond donors (Lipinski definition) is 0. The van der Waals surface area contributed by atoms with Crippen LogP contribution in [-0.2, 0) is 9.47 Å². The van der Waals surface area contributed by atoms with Gasteiger partial charge in [-0.25, -0.2) is 9.59 Å². The molecule has 0 radical (unpaired) electrons. The topological polar surface area (TPSA) is 105 Å².